The number of rotatable bonds is 3. The van der Waals surface area contributed by atoms with Crippen LogP contribution in [0, 0.1) is 0 Å². The molecule has 2 aliphatic rings. The lowest BCUT2D eigenvalue weighted by molar-refractivity contribution is 0.627. The van der Waals surface area contributed by atoms with Crippen LogP contribution in [0.1, 0.15) is 12.8 Å². The molecule has 0 unspecified atom stereocenters. The summed E-state index contributed by atoms with van der Waals surface area (Å²) in [6, 6.07) is 2.01. The van der Waals surface area contributed by atoms with Gasteiger partial charge in [-0.2, -0.15) is 4.98 Å². The van der Waals surface area contributed by atoms with Crippen molar-refractivity contribution in [2.75, 3.05) is 54.0 Å². The molecular weight excluding hydrogens is 326 g/mol. The zero-order valence-corrected chi connectivity index (χ0v) is 14.2. The van der Waals surface area contributed by atoms with Gasteiger partial charge in [0.25, 0.3) is 0 Å². The third-order valence-corrected chi connectivity index (χ3v) is 4.71. The van der Waals surface area contributed by atoms with Gasteiger partial charge in [0.05, 0.1) is 17.4 Å². The molecule has 2 aromatic heterocycles. The summed E-state index contributed by atoms with van der Waals surface area (Å²) in [5.41, 5.74) is 0. The van der Waals surface area contributed by atoms with Crippen molar-refractivity contribution in [1.82, 2.24) is 19.9 Å². The normalized spacial score (nSPS) is 18.3. The summed E-state index contributed by atoms with van der Waals surface area (Å²) in [6.07, 6.45) is 7.64. The van der Waals surface area contributed by atoms with E-state index in [1.807, 2.05) is 12.3 Å². The number of nitrogens with zero attached hydrogens (tertiary/aromatic N) is 7. The Bertz CT molecular complexity index is 679. The predicted molar refractivity (Wildman–Crippen MR) is 94.9 cm³/mol. The molecule has 2 saturated heterocycles. The fourth-order valence-electron chi connectivity index (χ4n) is 3.19. The van der Waals surface area contributed by atoms with E-state index in [0.29, 0.717) is 5.02 Å². The van der Waals surface area contributed by atoms with E-state index in [4.69, 9.17) is 16.6 Å². The predicted octanol–water partition coefficient (Wildman–Crippen LogP) is 1.85. The van der Waals surface area contributed by atoms with Gasteiger partial charge < -0.3 is 14.7 Å². The average molecular weight is 346 g/mol. The minimum absolute atomic E-state index is 0.560. The van der Waals surface area contributed by atoms with Gasteiger partial charge in [0.15, 0.2) is 0 Å². The largest absolute Gasteiger partial charge is 0.356 e. The molecular formula is C16H20ClN7. The number of piperazine rings is 1. The Labute approximate surface area is 146 Å². The second-order valence-electron chi connectivity index (χ2n) is 6.08. The van der Waals surface area contributed by atoms with Crippen molar-refractivity contribution >= 4 is 29.3 Å². The van der Waals surface area contributed by atoms with Gasteiger partial charge in [-0.25, -0.2) is 15.0 Å². The van der Waals surface area contributed by atoms with Crippen molar-refractivity contribution in [2.45, 2.75) is 12.8 Å². The van der Waals surface area contributed by atoms with Crippen LogP contribution in [0.15, 0.2) is 24.7 Å². The summed E-state index contributed by atoms with van der Waals surface area (Å²) in [4.78, 5) is 24.5. The van der Waals surface area contributed by atoms with E-state index in [-0.39, 0.29) is 0 Å². The molecule has 4 rings (SSSR count). The average Bonchev–Trinajstić information content (AvgIpc) is 3.17. The molecule has 126 valence electrons. The zero-order chi connectivity index (χ0) is 16.4. The Kier molecular flexibility index (Phi) is 4.34. The lowest BCUT2D eigenvalue weighted by atomic mass is 10.3. The summed E-state index contributed by atoms with van der Waals surface area (Å²) in [6.45, 7) is 5.60. The number of halogens is 1. The van der Waals surface area contributed by atoms with Crippen LogP contribution in [-0.2, 0) is 0 Å². The van der Waals surface area contributed by atoms with Gasteiger partial charge in [-0.1, -0.05) is 11.6 Å². The van der Waals surface area contributed by atoms with E-state index in [0.717, 1.165) is 57.0 Å². The first-order valence-electron chi connectivity index (χ1n) is 8.35. The highest BCUT2D eigenvalue weighted by molar-refractivity contribution is 6.30. The van der Waals surface area contributed by atoms with Crippen LogP contribution in [0.3, 0.4) is 0 Å². The molecule has 0 bridgehead atoms. The Morgan fingerprint density at radius 3 is 2.04 bits per heavy atom. The summed E-state index contributed by atoms with van der Waals surface area (Å²) in [5, 5.41) is 0.560. The monoisotopic (exact) mass is 345 g/mol. The van der Waals surface area contributed by atoms with Gasteiger partial charge in [0, 0.05) is 45.5 Å². The van der Waals surface area contributed by atoms with Gasteiger partial charge in [-0.15, -0.1) is 0 Å². The van der Waals surface area contributed by atoms with Crippen molar-refractivity contribution in [3.63, 3.8) is 0 Å². The molecule has 2 aliphatic heterocycles. The van der Waals surface area contributed by atoms with Crippen LogP contribution in [0.2, 0.25) is 5.02 Å². The Hall–Kier alpha value is -2.15. The molecule has 0 radical (unpaired) electrons. The fraction of sp³-hybridized carbons (Fsp3) is 0.500. The third kappa shape index (κ3) is 3.21. The number of hydrogen-bond acceptors (Lipinski definition) is 7. The molecule has 2 aromatic rings. The van der Waals surface area contributed by atoms with E-state index >= 15 is 0 Å². The molecule has 2 fully saturated rings. The van der Waals surface area contributed by atoms with Crippen LogP contribution in [0.5, 0.6) is 0 Å². The minimum Gasteiger partial charge on any atom is -0.356 e. The van der Waals surface area contributed by atoms with Crippen LogP contribution in [0.25, 0.3) is 0 Å². The van der Waals surface area contributed by atoms with Gasteiger partial charge in [0.1, 0.15) is 5.82 Å². The Morgan fingerprint density at radius 1 is 0.750 bits per heavy atom. The molecule has 4 heterocycles. The molecule has 0 N–H and O–H groups in total. The number of hydrogen-bond donors (Lipinski definition) is 0. The van der Waals surface area contributed by atoms with E-state index < -0.39 is 0 Å². The highest BCUT2D eigenvalue weighted by Gasteiger charge is 2.22. The van der Waals surface area contributed by atoms with Crippen LogP contribution in [0.4, 0.5) is 17.7 Å². The van der Waals surface area contributed by atoms with Crippen molar-refractivity contribution < 1.29 is 0 Å². The quantitative estimate of drug-likeness (QED) is 0.841. The SMILES string of the molecule is Clc1cnc(N2CCN(c3nccc(N4CCCC4)n3)CC2)nc1. The number of anilines is 3. The third-order valence-electron chi connectivity index (χ3n) is 4.51. The van der Waals surface area contributed by atoms with Crippen LogP contribution >= 0.6 is 11.6 Å². The van der Waals surface area contributed by atoms with E-state index in [9.17, 15) is 0 Å². The summed E-state index contributed by atoms with van der Waals surface area (Å²) in [7, 11) is 0. The topological polar surface area (TPSA) is 61.3 Å². The highest BCUT2D eigenvalue weighted by atomic mass is 35.5. The lowest BCUT2D eigenvalue weighted by Crippen LogP contribution is -2.47. The van der Waals surface area contributed by atoms with Crippen molar-refractivity contribution in [2.24, 2.45) is 0 Å². The van der Waals surface area contributed by atoms with Gasteiger partial charge in [0.2, 0.25) is 11.9 Å². The maximum Gasteiger partial charge on any atom is 0.227 e. The first-order chi connectivity index (χ1) is 11.8. The van der Waals surface area contributed by atoms with Gasteiger partial charge in [-0.05, 0) is 18.9 Å². The maximum atomic E-state index is 5.85. The van der Waals surface area contributed by atoms with Gasteiger partial charge >= 0.3 is 0 Å². The van der Waals surface area contributed by atoms with Crippen molar-refractivity contribution in [3.05, 3.63) is 29.7 Å². The van der Waals surface area contributed by atoms with E-state index in [2.05, 4.69) is 29.7 Å². The minimum atomic E-state index is 0.560. The zero-order valence-electron chi connectivity index (χ0n) is 13.5. The maximum absolute atomic E-state index is 5.85. The van der Waals surface area contributed by atoms with Crippen LogP contribution in [-0.4, -0.2) is 59.2 Å². The molecule has 0 saturated carbocycles. The summed E-state index contributed by atoms with van der Waals surface area (Å²) < 4.78 is 0. The molecule has 0 amide bonds. The number of aromatic nitrogens is 4. The molecule has 8 heteroatoms. The summed E-state index contributed by atoms with van der Waals surface area (Å²) in [5.74, 6) is 2.59. The standard InChI is InChI=1S/C16H20ClN7/c17-13-11-19-15(20-12-13)23-7-9-24(10-8-23)16-18-4-3-14(21-16)22-5-1-2-6-22/h3-4,11-12H,1-2,5-10H2. The van der Waals surface area contributed by atoms with E-state index in [1.165, 1.54) is 12.8 Å². The molecule has 24 heavy (non-hydrogen) atoms. The van der Waals surface area contributed by atoms with Crippen molar-refractivity contribution in [1.29, 1.82) is 0 Å². The second-order valence-corrected chi connectivity index (χ2v) is 6.52. The van der Waals surface area contributed by atoms with Gasteiger partial charge in [-0.3, -0.25) is 0 Å². The molecule has 7 nitrogen and oxygen atoms in total. The Balaban J connectivity index is 1.42. The highest BCUT2D eigenvalue weighted by Crippen LogP contribution is 2.21. The lowest BCUT2D eigenvalue weighted by Gasteiger charge is -2.34. The smallest absolute Gasteiger partial charge is 0.227 e. The fourth-order valence-corrected chi connectivity index (χ4v) is 3.29. The second kappa shape index (κ2) is 6.76. The molecule has 0 atom stereocenters. The first kappa shape index (κ1) is 15.4. The molecule has 0 aromatic carbocycles. The van der Waals surface area contributed by atoms with Crippen molar-refractivity contribution in [3.8, 4) is 0 Å². The Morgan fingerprint density at radius 2 is 1.38 bits per heavy atom. The molecule has 0 spiro atoms. The first-order valence-corrected chi connectivity index (χ1v) is 8.73. The summed E-state index contributed by atoms with van der Waals surface area (Å²) >= 11 is 5.85. The van der Waals surface area contributed by atoms with Crippen LogP contribution < -0.4 is 14.7 Å². The van der Waals surface area contributed by atoms with E-state index in [1.54, 1.807) is 12.4 Å². The molecule has 0 aliphatic carbocycles.